The highest BCUT2D eigenvalue weighted by Crippen LogP contribution is 2.45. The highest BCUT2D eigenvalue weighted by Gasteiger charge is 2.52. The van der Waals surface area contributed by atoms with Crippen LogP contribution >= 0.6 is 0 Å². The lowest BCUT2D eigenvalue weighted by Gasteiger charge is -2.45. The van der Waals surface area contributed by atoms with Crippen LogP contribution in [0.25, 0.3) is 0 Å². The molecular formula is C43H55F3N4O3Si. The number of nitrogens with zero attached hydrogens (tertiary/aromatic N) is 3. The second kappa shape index (κ2) is 16.9. The number of nitrogens with one attached hydrogen (secondary N) is 1. The summed E-state index contributed by atoms with van der Waals surface area (Å²) >= 11 is 0. The Balaban J connectivity index is 1.27. The second-order valence-electron chi connectivity index (χ2n) is 15.8. The summed E-state index contributed by atoms with van der Waals surface area (Å²) in [7, 11) is -3.21. The number of allylic oxidation sites excluding steroid dienone is 2. The molecule has 0 unspecified atom stereocenters. The molecule has 6 rings (SSSR count). The Morgan fingerprint density at radius 3 is 2.30 bits per heavy atom. The van der Waals surface area contributed by atoms with Gasteiger partial charge in [-0.15, -0.1) is 0 Å². The lowest BCUT2D eigenvalue weighted by molar-refractivity contribution is -0.0822. The van der Waals surface area contributed by atoms with Gasteiger partial charge in [0, 0.05) is 43.6 Å². The number of benzene rings is 3. The molecule has 0 saturated carbocycles. The molecule has 3 aliphatic rings. The zero-order valence-electron chi connectivity index (χ0n) is 32.3. The van der Waals surface area contributed by atoms with Crippen molar-refractivity contribution >= 4 is 24.9 Å². The van der Waals surface area contributed by atoms with Gasteiger partial charge >= 0.3 is 0 Å². The number of rotatable bonds is 15. The van der Waals surface area contributed by atoms with Gasteiger partial charge in [0.2, 0.25) is 6.79 Å². The molecule has 1 saturated heterocycles. The van der Waals surface area contributed by atoms with Gasteiger partial charge in [-0.25, -0.2) is 8.78 Å². The van der Waals surface area contributed by atoms with Crippen LogP contribution in [-0.2, 0) is 10.8 Å². The number of hydrogen-bond donors (Lipinski definition) is 1. The van der Waals surface area contributed by atoms with Crippen molar-refractivity contribution in [2.45, 2.75) is 83.0 Å². The van der Waals surface area contributed by atoms with Crippen LogP contribution in [-0.4, -0.2) is 88.6 Å². The van der Waals surface area contributed by atoms with Crippen LogP contribution < -0.4 is 25.2 Å². The first-order chi connectivity index (χ1) is 25.8. The molecule has 0 bridgehead atoms. The Hall–Kier alpha value is -3.90. The van der Waals surface area contributed by atoms with E-state index in [1.807, 2.05) is 97.6 Å². The predicted molar refractivity (Wildman–Crippen MR) is 214 cm³/mol. The van der Waals surface area contributed by atoms with Crippen LogP contribution in [0.1, 0.15) is 64.6 Å². The Bertz CT molecular complexity index is 1760. The van der Waals surface area contributed by atoms with E-state index in [0.717, 1.165) is 53.3 Å². The van der Waals surface area contributed by atoms with E-state index in [1.54, 1.807) is 6.21 Å². The van der Waals surface area contributed by atoms with Crippen LogP contribution in [0.15, 0.2) is 102 Å². The van der Waals surface area contributed by atoms with Crippen molar-refractivity contribution < 1.29 is 27.1 Å². The molecule has 0 aromatic heterocycles. The molecule has 290 valence electrons. The van der Waals surface area contributed by atoms with Gasteiger partial charge in [0.1, 0.15) is 0 Å². The van der Waals surface area contributed by atoms with Gasteiger partial charge < -0.3 is 24.1 Å². The summed E-state index contributed by atoms with van der Waals surface area (Å²) in [5.41, 5.74) is 3.10. The highest BCUT2D eigenvalue weighted by molar-refractivity contribution is 6.99. The van der Waals surface area contributed by atoms with Gasteiger partial charge in [-0.1, -0.05) is 94.1 Å². The molecule has 1 N–H and O–H groups in total. The molecule has 0 amide bonds. The fourth-order valence-electron chi connectivity index (χ4n) is 8.30. The molecule has 3 heterocycles. The number of halogens is 3. The fraction of sp³-hybridized carbons (Fsp3) is 0.465. The van der Waals surface area contributed by atoms with E-state index in [0.29, 0.717) is 30.0 Å². The minimum atomic E-state index is -3.22. The van der Waals surface area contributed by atoms with E-state index in [1.165, 1.54) is 0 Å². The summed E-state index contributed by atoms with van der Waals surface area (Å²) in [6, 6.07) is 22.9. The molecule has 3 aliphatic heterocycles. The average Bonchev–Trinajstić information content (AvgIpc) is 3.81. The summed E-state index contributed by atoms with van der Waals surface area (Å²) in [5, 5.41) is 5.03. The van der Waals surface area contributed by atoms with Gasteiger partial charge in [-0.05, 0) is 71.8 Å². The number of ether oxygens (including phenoxy) is 2. The van der Waals surface area contributed by atoms with E-state index >= 15 is 8.78 Å². The maximum atomic E-state index is 16.8. The van der Waals surface area contributed by atoms with E-state index in [-0.39, 0.29) is 25.6 Å². The van der Waals surface area contributed by atoms with Crippen molar-refractivity contribution in [1.82, 2.24) is 15.1 Å². The summed E-state index contributed by atoms with van der Waals surface area (Å²) in [5.74, 6) is -1.98. The maximum absolute atomic E-state index is 16.8. The van der Waals surface area contributed by atoms with Crippen LogP contribution in [0.5, 0.6) is 11.5 Å². The summed E-state index contributed by atoms with van der Waals surface area (Å²) < 4.78 is 64.5. The van der Waals surface area contributed by atoms with Gasteiger partial charge in [0.25, 0.3) is 14.2 Å². The third-order valence-corrected chi connectivity index (χ3v) is 15.9. The number of fused-ring (bicyclic) bond motifs is 2. The number of alkyl halides is 3. The van der Waals surface area contributed by atoms with Gasteiger partial charge in [-0.3, -0.25) is 14.3 Å². The minimum absolute atomic E-state index is 0.113. The van der Waals surface area contributed by atoms with Crippen LogP contribution in [0.4, 0.5) is 13.2 Å². The zero-order chi connectivity index (χ0) is 38.5. The zero-order valence-corrected chi connectivity index (χ0v) is 33.3. The number of hydrogen-bond acceptors (Lipinski definition) is 7. The number of likely N-dealkylation sites (tertiary alicyclic amines) is 1. The molecule has 3 atom stereocenters. The Labute approximate surface area is 320 Å². The second-order valence-corrected chi connectivity index (χ2v) is 20.1. The molecule has 3 aromatic carbocycles. The molecule has 1 fully saturated rings. The Kier molecular flexibility index (Phi) is 12.4. The minimum Gasteiger partial charge on any atom is -0.454 e. The predicted octanol–water partition coefficient (Wildman–Crippen LogP) is 7.43. The number of aliphatic imine (C=N–C) groups is 1. The van der Waals surface area contributed by atoms with Crippen LogP contribution in [0.2, 0.25) is 5.04 Å². The van der Waals surface area contributed by atoms with Gasteiger partial charge in [0.15, 0.2) is 11.5 Å². The lowest BCUT2D eigenvalue weighted by Crippen LogP contribution is -2.67. The molecule has 11 heteroatoms. The molecule has 0 aliphatic carbocycles. The van der Waals surface area contributed by atoms with E-state index in [4.69, 9.17) is 18.9 Å². The topological polar surface area (TPSA) is 58.6 Å². The summed E-state index contributed by atoms with van der Waals surface area (Å²) in [6.07, 6.45) is 5.71. The Morgan fingerprint density at radius 1 is 1.04 bits per heavy atom. The normalized spacial score (nSPS) is 21.1. The molecule has 7 nitrogen and oxygen atoms in total. The fourth-order valence-corrected chi connectivity index (χ4v) is 12.9. The summed E-state index contributed by atoms with van der Waals surface area (Å²) in [4.78, 5) is 8.92. The maximum Gasteiger partial charge on any atom is 0.282 e. The third kappa shape index (κ3) is 8.64. The molecule has 54 heavy (non-hydrogen) atoms. The van der Waals surface area contributed by atoms with Crippen molar-refractivity contribution in [2.24, 2.45) is 4.99 Å². The smallest absolute Gasteiger partial charge is 0.282 e. The van der Waals surface area contributed by atoms with Crippen molar-refractivity contribution in [2.75, 3.05) is 46.3 Å². The first-order valence-electron chi connectivity index (χ1n) is 19.1. The SMILES string of the molecule is C=C(/N=C\C(=C/C)N[C@H]1CCN(CCCF)C1)[C@@H]1c2cc3c(cc2C[C@@H](C)N1CC(F)(F)CO[Si](c1ccccc1)(c1ccccc1)C(C)(C)C)OCO3. The largest absolute Gasteiger partial charge is 0.454 e. The summed E-state index contributed by atoms with van der Waals surface area (Å²) in [6.45, 7) is 15.6. The Morgan fingerprint density at radius 2 is 1.69 bits per heavy atom. The monoisotopic (exact) mass is 760 g/mol. The van der Waals surface area contributed by atoms with E-state index in [2.05, 4.69) is 37.6 Å². The standard InChI is InChI=1S/C43H55F3N4O3Si/c1-7-34(48-35-19-22-49(27-35)21-14-20-44)26-47-32(3)41-38-25-40-39(51-30-52-40)24-33(38)23-31(2)50(41)28-43(45,46)29-53-54(42(4,5)6,36-15-10-8-11-16-36)37-17-12-9-13-18-37/h7-13,15-18,24-26,31,35,41,48H,3,14,19-23,27-30H2,1-2,4-6H3/b34-7+,47-26-/t31-,35+,41-/m1/s1. The average molecular weight is 761 g/mol. The first-order valence-corrected chi connectivity index (χ1v) is 21.0. The van der Waals surface area contributed by atoms with Gasteiger partial charge in [0.05, 0.1) is 31.6 Å². The van der Waals surface area contributed by atoms with Crippen molar-refractivity contribution in [3.8, 4) is 11.5 Å². The third-order valence-electron chi connectivity index (χ3n) is 10.9. The first kappa shape index (κ1) is 39.8. The van der Waals surface area contributed by atoms with Crippen molar-refractivity contribution in [3.63, 3.8) is 0 Å². The molecule has 0 radical (unpaired) electrons. The quantitative estimate of drug-likeness (QED) is 0.129. The van der Waals surface area contributed by atoms with E-state index in [9.17, 15) is 4.39 Å². The van der Waals surface area contributed by atoms with Crippen molar-refractivity contribution in [1.29, 1.82) is 0 Å². The van der Waals surface area contributed by atoms with Gasteiger partial charge in [-0.2, -0.15) is 0 Å². The van der Waals surface area contributed by atoms with Crippen molar-refractivity contribution in [3.05, 3.63) is 108 Å². The molecule has 0 spiro atoms. The van der Waals surface area contributed by atoms with E-state index < -0.39 is 38.5 Å². The van der Waals surface area contributed by atoms with Crippen LogP contribution in [0.3, 0.4) is 0 Å². The van der Waals surface area contributed by atoms with Crippen LogP contribution in [0, 0.1) is 0 Å². The highest BCUT2D eigenvalue weighted by atomic mass is 28.4. The molecule has 3 aromatic rings. The molecular weight excluding hydrogens is 706 g/mol. The lowest BCUT2D eigenvalue weighted by atomic mass is 9.86.